The number of hydrogen-bond donors (Lipinski definition) is 0. The molecule has 0 nitrogen and oxygen atoms in total. The average Bonchev–Trinajstić information content (AvgIpc) is 2.47. The molecule has 0 fully saturated rings. The van der Waals surface area contributed by atoms with Crippen LogP contribution in [0.5, 0.6) is 0 Å². The Bertz CT molecular complexity index is 542. The fourth-order valence-corrected chi connectivity index (χ4v) is 5.41. The Morgan fingerprint density at radius 1 is 0.895 bits per heavy atom. The molecule has 0 heterocycles. The van der Waals surface area contributed by atoms with E-state index in [2.05, 4.69) is 87.8 Å². The second-order valence-electron chi connectivity index (χ2n) is 5.32. The second-order valence-corrected chi connectivity index (χ2v) is 9.56. The third-order valence-corrected chi connectivity index (χ3v) is 8.81. The van der Waals surface area contributed by atoms with E-state index in [4.69, 9.17) is 0 Å². The van der Waals surface area contributed by atoms with Crippen LogP contribution in [-0.4, -0.2) is 12.3 Å². The largest absolute Gasteiger partial charge is 0.0992 e. The predicted octanol–water partition coefficient (Wildman–Crippen LogP) is 5.04. The van der Waals surface area contributed by atoms with Crippen LogP contribution in [0, 0.1) is 0 Å². The van der Waals surface area contributed by atoms with Gasteiger partial charge in [0.2, 0.25) is 0 Å². The zero-order valence-corrected chi connectivity index (χ0v) is 12.9. The molecule has 1 heteroatoms. The molecular weight excluding hydrogens is 247 g/mol. The lowest BCUT2D eigenvalue weighted by Crippen LogP contribution is -2.18. The summed E-state index contributed by atoms with van der Waals surface area (Å²) in [6, 6.07) is 21.4. The number of hydrogen-bond acceptors (Lipinski definition) is 0. The van der Waals surface area contributed by atoms with Crippen LogP contribution in [0.3, 0.4) is 0 Å². The lowest BCUT2D eigenvalue weighted by molar-refractivity contribution is 1.09. The minimum Gasteiger partial charge on any atom is -0.0622 e. The molecule has 19 heavy (non-hydrogen) atoms. The quantitative estimate of drug-likeness (QED) is 0.682. The first-order valence-electron chi connectivity index (χ1n) is 6.73. The van der Waals surface area contributed by atoms with Gasteiger partial charge in [0, 0.05) is 5.56 Å². The van der Waals surface area contributed by atoms with Crippen LogP contribution in [0.15, 0.2) is 67.2 Å². The van der Waals surface area contributed by atoms with Gasteiger partial charge in [-0.2, -0.15) is 0 Å². The zero-order valence-electron chi connectivity index (χ0n) is 12.0. The smallest absolute Gasteiger partial charge is 0.0622 e. The van der Waals surface area contributed by atoms with E-state index in [-0.39, 0.29) is 0 Å². The molecule has 98 valence electrons. The van der Waals surface area contributed by atoms with Crippen molar-refractivity contribution in [3.05, 3.63) is 72.8 Å². The monoisotopic (exact) mass is 269 g/mol. The molecule has 0 saturated heterocycles. The summed E-state index contributed by atoms with van der Waals surface area (Å²) in [5, 5.41) is 2.74. The van der Waals surface area contributed by atoms with E-state index in [1.165, 1.54) is 16.2 Å². The Kier molecular flexibility index (Phi) is 4.22. The summed E-state index contributed by atoms with van der Waals surface area (Å²) < 4.78 is 0. The minimum absolute atomic E-state index is 0.600. The Hall–Kier alpha value is -1.39. The highest BCUT2D eigenvalue weighted by molar-refractivity contribution is 7.91. The minimum atomic E-state index is -1.40. The van der Waals surface area contributed by atoms with Gasteiger partial charge in [0.25, 0.3) is 0 Å². The summed E-state index contributed by atoms with van der Waals surface area (Å²) in [5.41, 5.74) is 1.87. The first-order chi connectivity index (χ1) is 9.06. The third-order valence-electron chi connectivity index (χ3n) is 3.99. The first kappa shape index (κ1) is 14.0. The van der Waals surface area contributed by atoms with E-state index < -0.39 is 7.26 Å². The van der Waals surface area contributed by atoms with Gasteiger partial charge < -0.3 is 0 Å². The summed E-state index contributed by atoms with van der Waals surface area (Å²) in [6.07, 6.45) is 0. The van der Waals surface area contributed by atoms with Crippen LogP contribution >= 0.6 is 7.26 Å². The van der Waals surface area contributed by atoms with Crippen LogP contribution in [0.25, 0.3) is 5.31 Å². The SMILES string of the molecule is C=C(c1ccccc1)[P+](C)(c1ccccc1)C(C)C. The Balaban J connectivity index is 2.50. The van der Waals surface area contributed by atoms with Crippen molar-refractivity contribution in [1.82, 2.24) is 0 Å². The molecule has 1 unspecified atom stereocenters. The van der Waals surface area contributed by atoms with Crippen molar-refractivity contribution in [1.29, 1.82) is 0 Å². The van der Waals surface area contributed by atoms with Crippen molar-refractivity contribution in [3.63, 3.8) is 0 Å². The molecule has 0 saturated carbocycles. The molecule has 2 aromatic carbocycles. The Morgan fingerprint density at radius 2 is 1.37 bits per heavy atom. The fraction of sp³-hybridized carbons (Fsp3) is 0.222. The van der Waals surface area contributed by atoms with Crippen LogP contribution in [0.2, 0.25) is 0 Å². The van der Waals surface area contributed by atoms with E-state index in [0.717, 1.165) is 0 Å². The maximum absolute atomic E-state index is 4.44. The van der Waals surface area contributed by atoms with Gasteiger partial charge >= 0.3 is 0 Å². The fourth-order valence-electron chi connectivity index (χ4n) is 2.40. The molecule has 0 aliphatic carbocycles. The van der Waals surface area contributed by atoms with Crippen molar-refractivity contribution >= 4 is 17.9 Å². The van der Waals surface area contributed by atoms with Gasteiger partial charge in [0.1, 0.15) is 0 Å². The molecular formula is C18H22P+. The van der Waals surface area contributed by atoms with Crippen molar-refractivity contribution in [2.75, 3.05) is 6.66 Å². The van der Waals surface area contributed by atoms with Crippen molar-refractivity contribution in [3.8, 4) is 0 Å². The van der Waals surface area contributed by atoms with E-state index in [9.17, 15) is 0 Å². The van der Waals surface area contributed by atoms with Crippen LogP contribution < -0.4 is 5.30 Å². The van der Waals surface area contributed by atoms with E-state index in [0.29, 0.717) is 5.66 Å². The van der Waals surface area contributed by atoms with E-state index in [1.54, 1.807) is 0 Å². The topological polar surface area (TPSA) is 0 Å². The van der Waals surface area contributed by atoms with E-state index in [1.807, 2.05) is 0 Å². The van der Waals surface area contributed by atoms with Crippen molar-refractivity contribution < 1.29 is 0 Å². The standard InChI is InChI=1S/C18H22P/c1-15(2)19(4,18-13-9-6-10-14-18)16(3)17-11-7-5-8-12-17/h5-15H,3H2,1-2,4H3/q+1. The van der Waals surface area contributed by atoms with Gasteiger partial charge in [0.05, 0.1) is 30.2 Å². The molecule has 2 rings (SSSR count). The highest BCUT2D eigenvalue weighted by Gasteiger charge is 2.42. The predicted molar refractivity (Wildman–Crippen MR) is 89.5 cm³/mol. The van der Waals surface area contributed by atoms with Crippen LogP contribution in [0.4, 0.5) is 0 Å². The van der Waals surface area contributed by atoms with Gasteiger partial charge in [-0.15, -0.1) is 0 Å². The van der Waals surface area contributed by atoms with Crippen molar-refractivity contribution in [2.45, 2.75) is 19.5 Å². The second kappa shape index (κ2) is 5.72. The van der Waals surface area contributed by atoms with Crippen molar-refractivity contribution in [2.24, 2.45) is 0 Å². The molecule has 0 spiro atoms. The van der Waals surface area contributed by atoms with Gasteiger partial charge in [-0.25, -0.2) is 0 Å². The highest BCUT2D eigenvalue weighted by atomic mass is 31.2. The van der Waals surface area contributed by atoms with Crippen LogP contribution in [-0.2, 0) is 0 Å². The van der Waals surface area contributed by atoms with Gasteiger partial charge in [0.15, 0.2) is 0 Å². The maximum atomic E-state index is 4.44. The molecule has 2 aromatic rings. The molecule has 0 bridgehead atoms. The highest BCUT2D eigenvalue weighted by Crippen LogP contribution is 2.67. The number of rotatable bonds is 4. The maximum Gasteiger partial charge on any atom is 0.0992 e. The van der Waals surface area contributed by atoms with Gasteiger partial charge in [-0.05, 0) is 26.0 Å². The summed E-state index contributed by atoms with van der Waals surface area (Å²) >= 11 is 0. The van der Waals surface area contributed by atoms with Gasteiger partial charge in [-0.3, -0.25) is 0 Å². The average molecular weight is 269 g/mol. The Morgan fingerprint density at radius 3 is 1.84 bits per heavy atom. The molecule has 0 amide bonds. The van der Waals surface area contributed by atoms with E-state index >= 15 is 0 Å². The van der Waals surface area contributed by atoms with Crippen LogP contribution in [0.1, 0.15) is 19.4 Å². The molecule has 0 aromatic heterocycles. The molecule has 1 atom stereocenters. The first-order valence-corrected chi connectivity index (χ1v) is 9.04. The lowest BCUT2D eigenvalue weighted by atomic mass is 10.2. The molecule has 0 radical (unpaired) electrons. The number of benzene rings is 2. The molecule has 0 aliphatic heterocycles. The van der Waals surface area contributed by atoms with Gasteiger partial charge in [-0.1, -0.05) is 55.1 Å². The lowest BCUT2D eigenvalue weighted by Gasteiger charge is -2.28. The molecule has 0 N–H and O–H groups in total. The Labute approximate surface area is 117 Å². The third kappa shape index (κ3) is 2.65. The summed E-state index contributed by atoms with van der Waals surface area (Å²) in [7, 11) is -1.40. The summed E-state index contributed by atoms with van der Waals surface area (Å²) in [6.45, 7) is 11.5. The summed E-state index contributed by atoms with van der Waals surface area (Å²) in [4.78, 5) is 0. The summed E-state index contributed by atoms with van der Waals surface area (Å²) in [5.74, 6) is 0. The zero-order chi connectivity index (χ0) is 13.9. The normalized spacial score (nSPS) is 14.1. The molecule has 0 aliphatic rings.